The number of ether oxygens (including phenoxy) is 1. The van der Waals surface area contributed by atoms with Crippen molar-refractivity contribution in [2.45, 2.75) is 53.0 Å². The van der Waals surface area contributed by atoms with Gasteiger partial charge in [0.15, 0.2) is 11.7 Å². The Morgan fingerprint density at radius 2 is 1.93 bits per heavy atom. The van der Waals surface area contributed by atoms with Crippen molar-refractivity contribution in [3.05, 3.63) is 34.7 Å². The van der Waals surface area contributed by atoms with E-state index in [-0.39, 0.29) is 24.1 Å². The van der Waals surface area contributed by atoms with Gasteiger partial charge in [0.25, 0.3) is 5.91 Å². The molecule has 146 valence electrons. The van der Waals surface area contributed by atoms with Crippen molar-refractivity contribution >= 4 is 23.3 Å². The minimum Gasteiger partial charge on any atom is -0.462 e. The molecular weight excluding hydrogens is 342 g/mol. The number of nitrogens with zero attached hydrogens (tertiary/aromatic N) is 2. The van der Waals surface area contributed by atoms with Crippen LogP contribution in [0.15, 0.2) is 12.1 Å². The topological polar surface area (TPSA) is 59.8 Å². The Labute approximate surface area is 161 Å². The largest absolute Gasteiger partial charge is 0.462 e. The van der Waals surface area contributed by atoms with E-state index in [0.29, 0.717) is 16.9 Å². The highest BCUT2D eigenvalue weighted by Gasteiger charge is 2.42. The Balaban J connectivity index is 2.38. The average Bonchev–Trinajstić information content (AvgIpc) is 3.13. The maximum atomic E-state index is 13.2. The van der Waals surface area contributed by atoms with Gasteiger partial charge < -0.3 is 14.5 Å². The highest BCUT2D eigenvalue weighted by molar-refractivity contribution is 6.04. The molecule has 1 amide bonds. The second kappa shape index (κ2) is 9.01. The van der Waals surface area contributed by atoms with Crippen LogP contribution in [0.4, 0.5) is 11.4 Å². The Morgan fingerprint density at radius 3 is 2.44 bits per heavy atom. The lowest BCUT2D eigenvalue weighted by atomic mass is 10.0. The van der Waals surface area contributed by atoms with Crippen molar-refractivity contribution in [3.8, 4) is 0 Å². The zero-order chi connectivity index (χ0) is 20.0. The van der Waals surface area contributed by atoms with E-state index in [0.717, 1.165) is 43.4 Å². The molecule has 0 spiro atoms. The zero-order valence-electron chi connectivity index (χ0n) is 16.8. The number of carbonyl (C=O) groups excluding carboxylic acids is 2. The van der Waals surface area contributed by atoms with Gasteiger partial charge in [-0.15, -0.1) is 0 Å². The normalized spacial score (nSPS) is 16.4. The molecule has 0 radical (unpaired) electrons. The molecule has 0 saturated carbocycles. The van der Waals surface area contributed by atoms with Crippen molar-refractivity contribution in [1.82, 2.24) is 0 Å². The molecule has 1 N–H and O–H groups in total. The summed E-state index contributed by atoms with van der Waals surface area (Å²) < 4.78 is 5.94. The van der Waals surface area contributed by atoms with E-state index in [1.54, 1.807) is 19.9 Å². The van der Waals surface area contributed by atoms with E-state index in [4.69, 9.17) is 11.3 Å². The van der Waals surface area contributed by atoms with E-state index in [2.05, 4.69) is 17.1 Å². The summed E-state index contributed by atoms with van der Waals surface area (Å²) in [5, 5.41) is 3.00. The van der Waals surface area contributed by atoms with Gasteiger partial charge in [0.05, 0.1) is 44.1 Å². The van der Waals surface area contributed by atoms with E-state index in [1.807, 2.05) is 6.92 Å². The summed E-state index contributed by atoms with van der Waals surface area (Å²) in [6.07, 6.45) is 3.03. The molecule has 1 atom stereocenters. The van der Waals surface area contributed by atoms with Crippen LogP contribution >= 0.6 is 0 Å². The molecule has 1 fully saturated rings. The van der Waals surface area contributed by atoms with Gasteiger partial charge in [-0.25, -0.2) is 9.64 Å². The number of hydrogen-bond donors (Lipinski definition) is 1. The lowest BCUT2D eigenvalue weighted by Crippen LogP contribution is -2.57. The number of carbonyl (C=O) groups is 2. The summed E-state index contributed by atoms with van der Waals surface area (Å²) in [5.41, 5.74) is 1.75. The van der Waals surface area contributed by atoms with Gasteiger partial charge in [-0.3, -0.25) is 4.79 Å². The van der Waals surface area contributed by atoms with Crippen molar-refractivity contribution in [2.24, 2.45) is 0 Å². The van der Waals surface area contributed by atoms with Crippen LogP contribution in [-0.4, -0.2) is 48.6 Å². The predicted molar refractivity (Wildman–Crippen MR) is 106 cm³/mol. The summed E-state index contributed by atoms with van der Waals surface area (Å²) in [6.45, 7) is 18.1. The Hall–Kier alpha value is -2.39. The van der Waals surface area contributed by atoms with Crippen molar-refractivity contribution < 1.29 is 18.8 Å². The molecule has 0 aliphatic carbocycles. The number of amides is 1. The smallest absolute Gasteiger partial charge is 0.338 e. The number of rotatable bonds is 7. The third-order valence-corrected chi connectivity index (χ3v) is 5.63. The minimum absolute atomic E-state index is 0.0644. The molecule has 0 bridgehead atoms. The first-order valence-corrected chi connectivity index (χ1v) is 9.78. The van der Waals surface area contributed by atoms with Gasteiger partial charge in [-0.2, -0.15) is 0 Å². The Morgan fingerprint density at radius 1 is 1.26 bits per heavy atom. The minimum atomic E-state index is -0.519. The molecule has 1 aliphatic rings. The fourth-order valence-corrected chi connectivity index (χ4v) is 4.21. The number of quaternary nitrogens is 1. The SMILES string of the molecule is [C-]#[N+]c1cc(C)c(NC(=O)C(CC)[N+]2(CC)CCCC2)c(C(=O)OCC)c1. The second-order valence-electron chi connectivity index (χ2n) is 7.12. The predicted octanol–water partition coefficient (Wildman–Crippen LogP) is 4.07. The first-order valence-electron chi connectivity index (χ1n) is 9.78. The van der Waals surface area contributed by atoms with E-state index < -0.39 is 5.97 Å². The molecule has 1 unspecified atom stereocenters. The quantitative estimate of drug-likeness (QED) is 0.446. The van der Waals surface area contributed by atoms with Gasteiger partial charge in [0, 0.05) is 19.3 Å². The van der Waals surface area contributed by atoms with Gasteiger partial charge in [-0.05, 0) is 32.4 Å². The number of nitrogens with one attached hydrogen (secondary N) is 1. The third-order valence-electron chi connectivity index (χ3n) is 5.63. The van der Waals surface area contributed by atoms with Gasteiger partial charge in [0.1, 0.15) is 0 Å². The molecule has 1 heterocycles. The molecule has 1 saturated heterocycles. The molecule has 1 aliphatic heterocycles. The summed E-state index contributed by atoms with van der Waals surface area (Å²) in [5.74, 6) is -0.583. The van der Waals surface area contributed by atoms with Crippen LogP contribution in [0.1, 0.15) is 56.0 Å². The molecule has 1 aromatic rings. The number of esters is 1. The summed E-state index contributed by atoms with van der Waals surface area (Å²) >= 11 is 0. The van der Waals surface area contributed by atoms with Crippen LogP contribution in [-0.2, 0) is 9.53 Å². The lowest BCUT2D eigenvalue weighted by molar-refractivity contribution is -0.930. The maximum Gasteiger partial charge on any atom is 0.338 e. The average molecular weight is 372 g/mol. The van der Waals surface area contributed by atoms with Gasteiger partial charge in [-0.1, -0.05) is 13.0 Å². The van der Waals surface area contributed by atoms with Crippen LogP contribution < -0.4 is 5.32 Å². The van der Waals surface area contributed by atoms with Crippen LogP contribution in [0.5, 0.6) is 0 Å². The standard InChI is InChI=1S/C21H29N3O3/c1-6-18(24(7-2)11-9-10-12-24)20(25)23-19-15(4)13-16(22-5)14-17(19)21(26)27-8-3/h13-14,18H,6-12H2,1-4H3/p+1. The monoisotopic (exact) mass is 372 g/mol. The number of likely N-dealkylation sites (tertiary alicyclic amines) is 1. The molecule has 27 heavy (non-hydrogen) atoms. The first kappa shape index (κ1) is 20.9. The molecular formula is C21H30N3O3+. The van der Waals surface area contributed by atoms with Crippen LogP contribution in [0.3, 0.4) is 0 Å². The maximum absolute atomic E-state index is 13.2. The number of likely N-dealkylation sites (N-methyl/N-ethyl adjacent to an activating group) is 1. The van der Waals surface area contributed by atoms with Gasteiger partial charge in [0.2, 0.25) is 0 Å². The van der Waals surface area contributed by atoms with Crippen LogP contribution in [0, 0.1) is 13.5 Å². The van der Waals surface area contributed by atoms with Gasteiger partial charge >= 0.3 is 5.97 Å². The van der Waals surface area contributed by atoms with Crippen LogP contribution in [0.2, 0.25) is 0 Å². The number of aryl methyl sites for hydroxylation is 1. The summed E-state index contributed by atoms with van der Waals surface area (Å²) in [6, 6.07) is 3.04. The molecule has 0 aromatic heterocycles. The zero-order valence-corrected chi connectivity index (χ0v) is 16.8. The number of benzene rings is 1. The van der Waals surface area contributed by atoms with E-state index in [1.165, 1.54) is 6.07 Å². The number of anilines is 1. The Kier molecular flexibility index (Phi) is 6.98. The molecule has 6 nitrogen and oxygen atoms in total. The fraction of sp³-hybridized carbons (Fsp3) is 0.571. The second-order valence-corrected chi connectivity index (χ2v) is 7.12. The summed E-state index contributed by atoms with van der Waals surface area (Å²) in [4.78, 5) is 29.0. The van der Waals surface area contributed by atoms with E-state index >= 15 is 0 Å². The molecule has 6 heteroatoms. The molecule has 1 aromatic carbocycles. The van der Waals surface area contributed by atoms with Crippen LogP contribution in [0.25, 0.3) is 4.85 Å². The number of hydrogen-bond acceptors (Lipinski definition) is 3. The highest BCUT2D eigenvalue weighted by atomic mass is 16.5. The lowest BCUT2D eigenvalue weighted by Gasteiger charge is -2.39. The van der Waals surface area contributed by atoms with E-state index in [9.17, 15) is 9.59 Å². The Bertz CT molecular complexity index is 746. The summed E-state index contributed by atoms with van der Waals surface area (Å²) in [7, 11) is 0. The highest BCUT2D eigenvalue weighted by Crippen LogP contribution is 2.30. The third kappa shape index (κ3) is 4.30. The van der Waals surface area contributed by atoms with Crippen molar-refractivity contribution in [2.75, 3.05) is 31.6 Å². The van der Waals surface area contributed by atoms with Crippen molar-refractivity contribution in [3.63, 3.8) is 0 Å². The fourth-order valence-electron chi connectivity index (χ4n) is 4.21. The first-order chi connectivity index (χ1) is 12.9. The molecule has 2 rings (SSSR count). The van der Waals surface area contributed by atoms with Crippen molar-refractivity contribution in [1.29, 1.82) is 0 Å².